The zero-order valence-electron chi connectivity index (χ0n) is 12.4. The van der Waals surface area contributed by atoms with Gasteiger partial charge in [0.15, 0.2) is 0 Å². The molecule has 6 heteroatoms. The summed E-state index contributed by atoms with van der Waals surface area (Å²) in [7, 11) is 0. The largest absolute Gasteiger partial charge is 0.478 e. The van der Waals surface area contributed by atoms with E-state index in [1.807, 2.05) is 20.8 Å². The molecule has 2 N–H and O–H groups in total. The number of carbonyl (C=O) groups is 2. The number of rotatable bonds is 6. The molecule has 0 saturated carbocycles. The molecule has 0 aliphatic rings. The van der Waals surface area contributed by atoms with Crippen molar-refractivity contribution in [3.05, 3.63) is 28.3 Å². The Kier molecular flexibility index (Phi) is 6.49. The number of halogens is 1. The molecule has 1 amide bonds. The fourth-order valence-corrected chi connectivity index (χ4v) is 2.17. The topological polar surface area (TPSA) is 75.6 Å². The highest BCUT2D eigenvalue weighted by atomic mass is 35.5. The summed E-state index contributed by atoms with van der Waals surface area (Å²) in [5.74, 6) is -1.10. The molecule has 1 aromatic rings. The second-order valence-electron chi connectivity index (χ2n) is 5.00. The van der Waals surface area contributed by atoms with Crippen LogP contribution in [-0.2, 0) is 4.74 Å². The number of hydrogen-bond donors (Lipinski definition) is 2. The summed E-state index contributed by atoms with van der Waals surface area (Å²) in [5.41, 5.74) is 0.995. The van der Waals surface area contributed by atoms with E-state index in [1.165, 1.54) is 6.07 Å². The Morgan fingerprint density at radius 1 is 1.38 bits per heavy atom. The summed E-state index contributed by atoms with van der Waals surface area (Å²) in [6.07, 6.45) is 1.11. The highest BCUT2D eigenvalue weighted by Crippen LogP contribution is 2.31. The lowest BCUT2D eigenvalue weighted by atomic mass is 9.99. The number of carboxylic acids is 1. The summed E-state index contributed by atoms with van der Waals surface area (Å²) in [4.78, 5) is 22.8. The minimum atomic E-state index is -1.13. The van der Waals surface area contributed by atoms with E-state index in [2.05, 4.69) is 5.32 Å². The van der Waals surface area contributed by atoms with Crippen molar-refractivity contribution in [3.8, 4) is 0 Å². The minimum Gasteiger partial charge on any atom is -0.478 e. The van der Waals surface area contributed by atoms with Crippen molar-refractivity contribution < 1.29 is 19.4 Å². The molecule has 0 fully saturated rings. The van der Waals surface area contributed by atoms with Gasteiger partial charge in [-0.25, -0.2) is 9.59 Å². The Labute approximate surface area is 129 Å². The monoisotopic (exact) mass is 313 g/mol. The van der Waals surface area contributed by atoms with E-state index in [4.69, 9.17) is 16.3 Å². The van der Waals surface area contributed by atoms with Gasteiger partial charge in [-0.2, -0.15) is 0 Å². The molecule has 0 atom stereocenters. The Morgan fingerprint density at radius 3 is 2.57 bits per heavy atom. The maximum Gasteiger partial charge on any atom is 0.411 e. The number of aromatic carboxylic acids is 1. The van der Waals surface area contributed by atoms with Crippen LogP contribution < -0.4 is 5.32 Å². The molecule has 0 aromatic heterocycles. The van der Waals surface area contributed by atoms with Gasteiger partial charge < -0.3 is 9.84 Å². The first kappa shape index (κ1) is 17.3. The number of nitrogens with one attached hydrogen (secondary N) is 1. The van der Waals surface area contributed by atoms with Crippen LogP contribution in [0.4, 0.5) is 10.5 Å². The van der Waals surface area contributed by atoms with Crippen LogP contribution in [0.25, 0.3) is 0 Å². The van der Waals surface area contributed by atoms with Gasteiger partial charge in [0.2, 0.25) is 0 Å². The standard InChI is InChI=1S/C15H20ClNO4/c1-4-5-6-21-15(20)17-10-7-11(9(2)3)13(16)12(8-10)14(18)19/h7-9H,4-6H2,1-3H3,(H,17,20)(H,18,19). The predicted molar refractivity (Wildman–Crippen MR) is 82.4 cm³/mol. The number of benzene rings is 1. The summed E-state index contributed by atoms with van der Waals surface area (Å²) in [6, 6.07) is 3.00. The first-order chi connectivity index (χ1) is 9.86. The number of ether oxygens (including phenoxy) is 1. The fraction of sp³-hybridized carbons (Fsp3) is 0.467. The van der Waals surface area contributed by atoms with Crippen LogP contribution in [0.2, 0.25) is 5.02 Å². The van der Waals surface area contributed by atoms with Crippen LogP contribution in [0.3, 0.4) is 0 Å². The lowest BCUT2D eigenvalue weighted by Crippen LogP contribution is -2.15. The molecule has 1 aromatic carbocycles. The number of amides is 1. The van der Waals surface area contributed by atoms with Gasteiger partial charge in [0.25, 0.3) is 0 Å². The van der Waals surface area contributed by atoms with Crippen molar-refractivity contribution in [2.24, 2.45) is 0 Å². The van der Waals surface area contributed by atoms with Crippen LogP contribution in [0.5, 0.6) is 0 Å². The van der Waals surface area contributed by atoms with Crippen LogP contribution >= 0.6 is 11.6 Å². The van der Waals surface area contributed by atoms with Crippen molar-refractivity contribution >= 4 is 29.4 Å². The van der Waals surface area contributed by atoms with E-state index in [0.29, 0.717) is 17.9 Å². The second kappa shape index (κ2) is 7.88. The third kappa shape index (κ3) is 4.93. The first-order valence-corrected chi connectivity index (χ1v) is 7.25. The van der Waals surface area contributed by atoms with Crippen LogP contribution in [0.15, 0.2) is 12.1 Å². The number of carboxylic acid groups (broad SMARTS) is 1. The molecule has 0 aliphatic carbocycles. The van der Waals surface area contributed by atoms with Gasteiger partial charge >= 0.3 is 12.1 Å². The molecule has 0 radical (unpaired) electrons. The number of hydrogen-bond acceptors (Lipinski definition) is 3. The minimum absolute atomic E-state index is 0.0354. The zero-order chi connectivity index (χ0) is 16.0. The summed E-state index contributed by atoms with van der Waals surface area (Å²) in [6.45, 7) is 6.12. The van der Waals surface area contributed by atoms with Gasteiger partial charge in [-0.1, -0.05) is 38.8 Å². The Hall–Kier alpha value is -1.75. The molecule has 0 spiro atoms. The van der Waals surface area contributed by atoms with E-state index in [0.717, 1.165) is 12.8 Å². The number of anilines is 1. The average Bonchev–Trinajstić information content (AvgIpc) is 2.40. The first-order valence-electron chi connectivity index (χ1n) is 6.87. The molecule has 0 aliphatic heterocycles. The zero-order valence-corrected chi connectivity index (χ0v) is 13.2. The Morgan fingerprint density at radius 2 is 2.05 bits per heavy atom. The van der Waals surface area contributed by atoms with E-state index >= 15 is 0 Å². The smallest absolute Gasteiger partial charge is 0.411 e. The van der Waals surface area contributed by atoms with Gasteiger partial charge in [-0.15, -0.1) is 0 Å². The molecular weight excluding hydrogens is 294 g/mol. The van der Waals surface area contributed by atoms with E-state index < -0.39 is 12.1 Å². The lowest BCUT2D eigenvalue weighted by Gasteiger charge is -2.14. The summed E-state index contributed by atoms with van der Waals surface area (Å²) in [5, 5.41) is 11.9. The molecular formula is C15H20ClNO4. The highest BCUT2D eigenvalue weighted by molar-refractivity contribution is 6.34. The third-order valence-electron chi connectivity index (χ3n) is 2.93. The molecule has 0 bridgehead atoms. The Bertz CT molecular complexity index is 529. The number of carbonyl (C=O) groups excluding carboxylic acids is 1. The van der Waals surface area contributed by atoms with E-state index in [9.17, 15) is 14.7 Å². The fourth-order valence-electron chi connectivity index (χ4n) is 1.76. The normalized spacial score (nSPS) is 10.5. The molecule has 0 heterocycles. The van der Waals surface area contributed by atoms with Crippen LogP contribution in [0.1, 0.15) is 55.5 Å². The van der Waals surface area contributed by atoms with Gasteiger partial charge in [0, 0.05) is 5.69 Å². The van der Waals surface area contributed by atoms with Gasteiger partial charge in [0.1, 0.15) is 0 Å². The molecule has 1 rings (SSSR count). The molecule has 0 saturated heterocycles. The molecule has 0 unspecified atom stereocenters. The maximum atomic E-state index is 11.6. The average molecular weight is 314 g/mol. The van der Waals surface area contributed by atoms with Crippen LogP contribution in [0, 0.1) is 0 Å². The molecule has 116 valence electrons. The predicted octanol–water partition coefficient (Wildman–Crippen LogP) is 4.51. The summed E-state index contributed by atoms with van der Waals surface area (Å²) < 4.78 is 4.99. The Balaban J connectivity index is 2.97. The maximum absolute atomic E-state index is 11.6. The van der Waals surface area contributed by atoms with Gasteiger partial charge in [-0.3, -0.25) is 5.32 Å². The van der Waals surface area contributed by atoms with E-state index in [1.54, 1.807) is 6.07 Å². The highest BCUT2D eigenvalue weighted by Gasteiger charge is 2.17. The van der Waals surface area contributed by atoms with Crippen molar-refractivity contribution in [1.82, 2.24) is 0 Å². The van der Waals surface area contributed by atoms with Crippen molar-refractivity contribution in [2.75, 3.05) is 11.9 Å². The van der Waals surface area contributed by atoms with E-state index in [-0.39, 0.29) is 16.5 Å². The van der Waals surface area contributed by atoms with Crippen LogP contribution in [-0.4, -0.2) is 23.8 Å². The molecule has 5 nitrogen and oxygen atoms in total. The SMILES string of the molecule is CCCCOC(=O)Nc1cc(C(=O)O)c(Cl)c(C(C)C)c1. The van der Waals surface area contributed by atoms with Gasteiger partial charge in [-0.05, 0) is 30.0 Å². The van der Waals surface area contributed by atoms with Crippen molar-refractivity contribution in [2.45, 2.75) is 39.5 Å². The third-order valence-corrected chi connectivity index (χ3v) is 3.35. The van der Waals surface area contributed by atoms with Gasteiger partial charge in [0.05, 0.1) is 17.2 Å². The summed E-state index contributed by atoms with van der Waals surface area (Å²) >= 11 is 6.08. The van der Waals surface area contributed by atoms with Crippen molar-refractivity contribution in [3.63, 3.8) is 0 Å². The molecule has 21 heavy (non-hydrogen) atoms. The lowest BCUT2D eigenvalue weighted by molar-refractivity contribution is 0.0697. The number of unbranched alkanes of at least 4 members (excludes halogenated alkanes) is 1. The second-order valence-corrected chi connectivity index (χ2v) is 5.38. The quantitative estimate of drug-likeness (QED) is 0.758. The van der Waals surface area contributed by atoms with Crippen molar-refractivity contribution in [1.29, 1.82) is 0 Å².